The maximum atomic E-state index is 12.5. The van der Waals surface area contributed by atoms with Crippen LogP contribution in [0.2, 0.25) is 0 Å². The van der Waals surface area contributed by atoms with Gasteiger partial charge in [-0.25, -0.2) is 0 Å². The van der Waals surface area contributed by atoms with Gasteiger partial charge in [-0.3, -0.25) is 9.78 Å². The lowest BCUT2D eigenvalue weighted by Crippen LogP contribution is -2.29. The van der Waals surface area contributed by atoms with Gasteiger partial charge in [0.1, 0.15) is 5.75 Å². The Labute approximate surface area is 211 Å². The highest BCUT2D eigenvalue weighted by Gasteiger charge is 2.41. The summed E-state index contributed by atoms with van der Waals surface area (Å²) in [7, 11) is 1.59. The number of hydrogen-bond donors (Lipinski definition) is 2. The largest absolute Gasteiger partial charge is 0.494 e. The normalized spacial score (nSPS) is 18.2. The Hall–Kier alpha value is -2.49. The summed E-state index contributed by atoms with van der Waals surface area (Å²) in [4.78, 5) is 20.3. The van der Waals surface area contributed by atoms with Gasteiger partial charge in [0.15, 0.2) is 5.11 Å². The van der Waals surface area contributed by atoms with Gasteiger partial charge in [0.05, 0.1) is 30.6 Å². The van der Waals surface area contributed by atoms with Crippen molar-refractivity contribution in [2.75, 3.05) is 17.3 Å². The first-order chi connectivity index (χ1) is 15.7. The fourth-order valence-corrected chi connectivity index (χ4v) is 5.57. The van der Waals surface area contributed by atoms with Crippen LogP contribution in [-0.4, -0.2) is 23.1 Å². The summed E-state index contributed by atoms with van der Waals surface area (Å²) in [5.41, 5.74) is 1.89. The molecule has 2 atom stereocenters. The average molecular weight is 546 g/mol. The van der Waals surface area contributed by atoms with Gasteiger partial charge in [0, 0.05) is 38.1 Å². The molecule has 172 valence electrons. The van der Waals surface area contributed by atoms with E-state index >= 15 is 0 Å². The highest BCUT2D eigenvalue weighted by molar-refractivity contribution is 9.10. The van der Waals surface area contributed by atoms with Crippen LogP contribution in [0.4, 0.5) is 11.4 Å². The number of benzene rings is 1. The molecule has 0 radical (unpaired) electrons. The van der Waals surface area contributed by atoms with E-state index in [1.54, 1.807) is 24.6 Å². The zero-order valence-electron chi connectivity index (χ0n) is 18.8. The lowest BCUT2D eigenvalue weighted by atomic mass is 9.95. The van der Waals surface area contributed by atoms with E-state index in [0.29, 0.717) is 16.5 Å². The summed E-state index contributed by atoms with van der Waals surface area (Å²) in [6.07, 6.45) is 1.79. The third kappa shape index (κ3) is 4.90. The molecular formula is C24H25BrN4O2S2. The molecule has 0 aliphatic carbocycles. The van der Waals surface area contributed by atoms with Gasteiger partial charge >= 0.3 is 0 Å². The van der Waals surface area contributed by atoms with Crippen LogP contribution in [0, 0.1) is 5.41 Å². The van der Waals surface area contributed by atoms with Crippen molar-refractivity contribution in [3.05, 3.63) is 69.1 Å². The van der Waals surface area contributed by atoms with E-state index in [2.05, 4.69) is 47.9 Å². The molecular weight excluding hydrogens is 520 g/mol. The number of pyridine rings is 1. The number of methoxy groups -OCH3 is 1. The Balaban J connectivity index is 1.74. The molecule has 3 heterocycles. The number of nitrogens with one attached hydrogen (secondary N) is 2. The lowest BCUT2D eigenvalue weighted by Gasteiger charge is -2.27. The van der Waals surface area contributed by atoms with Crippen molar-refractivity contribution in [3.8, 4) is 5.75 Å². The summed E-state index contributed by atoms with van der Waals surface area (Å²) in [5.74, 6) is 0.490. The van der Waals surface area contributed by atoms with Crippen molar-refractivity contribution in [3.63, 3.8) is 0 Å². The van der Waals surface area contributed by atoms with Crippen LogP contribution in [-0.2, 0) is 4.79 Å². The second-order valence-electron chi connectivity index (χ2n) is 8.75. The minimum absolute atomic E-state index is 0.0801. The predicted octanol–water partition coefficient (Wildman–Crippen LogP) is 6.08. The number of halogens is 1. The number of amides is 1. The molecule has 0 saturated carbocycles. The Morgan fingerprint density at radius 1 is 1.27 bits per heavy atom. The monoisotopic (exact) mass is 544 g/mol. The molecule has 1 fully saturated rings. The smallest absolute Gasteiger partial charge is 0.229 e. The molecule has 6 nitrogen and oxygen atoms in total. The first kappa shape index (κ1) is 23.7. The molecule has 1 amide bonds. The summed E-state index contributed by atoms with van der Waals surface area (Å²) in [6.45, 7) is 5.62. The van der Waals surface area contributed by atoms with Gasteiger partial charge in [-0.05, 0) is 58.5 Å². The number of thiophene rings is 1. The number of thiocarbonyl (C=S) groups is 1. The van der Waals surface area contributed by atoms with Crippen molar-refractivity contribution in [1.29, 1.82) is 0 Å². The van der Waals surface area contributed by atoms with E-state index in [1.165, 1.54) is 0 Å². The molecule has 2 unspecified atom stereocenters. The van der Waals surface area contributed by atoms with Gasteiger partial charge in [-0.1, -0.05) is 26.8 Å². The van der Waals surface area contributed by atoms with Crippen molar-refractivity contribution < 1.29 is 9.53 Å². The molecule has 1 aromatic carbocycles. The van der Waals surface area contributed by atoms with Gasteiger partial charge in [0.25, 0.3) is 0 Å². The Bertz CT molecular complexity index is 1180. The molecule has 1 aliphatic rings. The van der Waals surface area contributed by atoms with E-state index in [9.17, 15) is 4.79 Å². The van der Waals surface area contributed by atoms with Crippen LogP contribution in [0.5, 0.6) is 5.75 Å². The van der Waals surface area contributed by atoms with E-state index < -0.39 is 5.41 Å². The minimum atomic E-state index is -0.516. The molecule has 33 heavy (non-hydrogen) atoms. The number of hydrogen-bond acceptors (Lipinski definition) is 5. The second-order valence-corrected chi connectivity index (χ2v) is 11.0. The second kappa shape index (κ2) is 9.40. The number of ether oxygens (including phenoxy) is 1. The van der Waals surface area contributed by atoms with Gasteiger partial charge in [0.2, 0.25) is 5.91 Å². The molecule has 1 aliphatic heterocycles. The third-order valence-electron chi connectivity index (χ3n) is 5.37. The highest BCUT2D eigenvalue weighted by atomic mass is 79.9. The Morgan fingerprint density at radius 2 is 2.06 bits per heavy atom. The number of aromatic nitrogens is 1. The fourth-order valence-electron chi connectivity index (χ4n) is 3.65. The van der Waals surface area contributed by atoms with E-state index in [0.717, 1.165) is 20.7 Å². The molecule has 9 heteroatoms. The predicted molar refractivity (Wildman–Crippen MR) is 141 cm³/mol. The number of rotatable bonds is 5. The van der Waals surface area contributed by atoms with Crippen LogP contribution in [0.25, 0.3) is 0 Å². The summed E-state index contributed by atoms with van der Waals surface area (Å²) < 4.78 is 6.65. The molecule has 3 aromatic rings. The first-order valence-corrected chi connectivity index (χ1v) is 12.5. The molecule has 2 aromatic heterocycles. The Morgan fingerprint density at radius 3 is 2.67 bits per heavy atom. The summed E-state index contributed by atoms with van der Waals surface area (Å²) in [6, 6.07) is 13.5. The third-order valence-corrected chi connectivity index (χ3v) is 7.45. The van der Waals surface area contributed by atoms with Crippen LogP contribution in [0.15, 0.2) is 58.5 Å². The Kier molecular flexibility index (Phi) is 6.74. The van der Waals surface area contributed by atoms with Gasteiger partial charge < -0.3 is 20.3 Å². The highest BCUT2D eigenvalue weighted by Crippen LogP contribution is 2.45. The summed E-state index contributed by atoms with van der Waals surface area (Å²) >= 11 is 11.0. The van der Waals surface area contributed by atoms with E-state index in [-0.39, 0.29) is 18.0 Å². The topological polar surface area (TPSA) is 66.5 Å². The molecule has 4 rings (SSSR count). The fraction of sp³-hybridized carbons (Fsp3) is 0.292. The number of anilines is 2. The van der Waals surface area contributed by atoms with E-state index in [4.69, 9.17) is 17.0 Å². The average Bonchev–Trinajstić information content (AvgIpc) is 3.36. The van der Waals surface area contributed by atoms with Gasteiger partial charge in [-0.15, -0.1) is 11.3 Å². The van der Waals surface area contributed by atoms with Crippen molar-refractivity contribution in [1.82, 2.24) is 10.3 Å². The molecule has 0 spiro atoms. The van der Waals surface area contributed by atoms with Crippen molar-refractivity contribution >= 4 is 61.9 Å². The summed E-state index contributed by atoms with van der Waals surface area (Å²) in [5, 5.41) is 9.09. The number of carbonyl (C=O) groups excluding carboxylic acids is 1. The zero-order valence-corrected chi connectivity index (χ0v) is 22.0. The quantitative estimate of drug-likeness (QED) is 0.379. The molecule has 0 bridgehead atoms. The lowest BCUT2D eigenvalue weighted by molar-refractivity contribution is -0.123. The van der Waals surface area contributed by atoms with Crippen LogP contribution in [0.3, 0.4) is 0 Å². The number of nitrogens with zero attached hydrogens (tertiary/aromatic N) is 2. The van der Waals surface area contributed by atoms with Crippen molar-refractivity contribution in [2.24, 2.45) is 5.41 Å². The maximum Gasteiger partial charge on any atom is 0.229 e. The van der Waals surface area contributed by atoms with Crippen LogP contribution < -0.4 is 20.3 Å². The van der Waals surface area contributed by atoms with Crippen LogP contribution in [0.1, 0.15) is 43.4 Å². The zero-order chi connectivity index (χ0) is 23.8. The SMILES string of the molecule is COc1cc(N2C(=S)NC(c3ccccn3)C2c2cc(Br)cs2)ccc1NC(=O)C(C)(C)C. The van der Waals surface area contributed by atoms with Crippen molar-refractivity contribution in [2.45, 2.75) is 32.9 Å². The molecule has 2 N–H and O–H groups in total. The maximum absolute atomic E-state index is 12.5. The number of carbonyl (C=O) groups is 1. The minimum Gasteiger partial charge on any atom is -0.494 e. The standard InChI is InChI=1S/C24H25BrN4O2S2/c1-24(2,3)22(30)27-16-9-8-15(12-18(16)31-4)29-21(19-11-14(25)13-33-19)20(28-23(29)32)17-7-5-6-10-26-17/h5-13,20-21H,1-4H3,(H,27,30)(H,28,32). The molecule has 1 saturated heterocycles. The van der Waals surface area contributed by atoms with Crippen LogP contribution >= 0.6 is 39.5 Å². The van der Waals surface area contributed by atoms with E-state index in [1.807, 2.05) is 57.2 Å². The van der Waals surface area contributed by atoms with Gasteiger partial charge in [-0.2, -0.15) is 0 Å². The first-order valence-electron chi connectivity index (χ1n) is 10.4.